The third-order valence-corrected chi connectivity index (χ3v) is 4.95. The van der Waals surface area contributed by atoms with Gasteiger partial charge in [-0.1, -0.05) is 12.1 Å². The molecule has 0 radical (unpaired) electrons. The fourth-order valence-corrected chi connectivity index (χ4v) is 3.07. The van der Waals surface area contributed by atoms with Crippen LogP contribution < -0.4 is 5.32 Å². The molecule has 2 aromatic carbocycles. The zero-order valence-electron chi connectivity index (χ0n) is 14.5. The molecule has 0 saturated heterocycles. The number of oxazole rings is 1. The predicted molar refractivity (Wildman–Crippen MR) is 98.4 cm³/mol. The number of sulfone groups is 1. The first-order chi connectivity index (χ1) is 12.8. The molecule has 0 aliphatic rings. The van der Waals surface area contributed by atoms with Gasteiger partial charge in [0.25, 0.3) is 0 Å². The lowest BCUT2D eigenvalue weighted by Crippen LogP contribution is -2.12. The van der Waals surface area contributed by atoms with Crippen molar-refractivity contribution in [3.8, 4) is 11.3 Å². The highest BCUT2D eigenvalue weighted by molar-refractivity contribution is 7.90. The summed E-state index contributed by atoms with van der Waals surface area (Å²) in [6.07, 6.45) is 2.91. The second-order valence-electron chi connectivity index (χ2n) is 5.94. The minimum absolute atomic E-state index is 0.116. The Kier molecular flexibility index (Phi) is 5.36. The highest BCUT2D eigenvalue weighted by Gasteiger charge is 2.12. The highest BCUT2D eigenvalue weighted by Crippen LogP contribution is 2.23. The smallest absolute Gasteiger partial charge is 0.224 e. The predicted octanol–water partition coefficient (Wildman–Crippen LogP) is 3.46. The van der Waals surface area contributed by atoms with E-state index >= 15 is 0 Å². The summed E-state index contributed by atoms with van der Waals surface area (Å²) in [7, 11) is -3.28. The van der Waals surface area contributed by atoms with Gasteiger partial charge in [0.2, 0.25) is 5.91 Å². The first-order valence-electron chi connectivity index (χ1n) is 8.12. The monoisotopic (exact) mass is 388 g/mol. The van der Waals surface area contributed by atoms with Gasteiger partial charge in [-0.2, -0.15) is 0 Å². The lowest BCUT2D eigenvalue weighted by atomic mass is 10.2. The molecule has 0 bridgehead atoms. The maximum atomic E-state index is 13.8. The molecule has 0 aliphatic carbocycles. The van der Waals surface area contributed by atoms with Gasteiger partial charge >= 0.3 is 0 Å². The maximum absolute atomic E-state index is 13.8. The van der Waals surface area contributed by atoms with E-state index in [1.807, 2.05) is 0 Å². The van der Waals surface area contributed by atoms with Gasteiger partial charge in [0.15, 0.2) is 21.5 Å². The molecule has 3 rings (SSSR count). The van der Waals surface area contributed by atoms with Crippen LogP contribution in [0.15, 0.2) is 64.0 Å². The van der Waals surface area contributed by atoms with Gasteiger partial charge < -0.3 is 9.73 Å². The molecule has 140 valence electrons. The Bertz CT molecular complexity index is 1060. The Hall–Kier alpha value is -3.00. The van der Waals surface area contributed by atoms with Crippen LogP contribution >= 0.6 is 0 Å². The van der Waals surface area contributed by atoms with E-state index in [0.29, 0.717) is 22.9 Å². The van der Waals surface area contributed by atoms with Gasteiger partial charge in [0, 0.05) is 24.8 Å². The third-order valence-electron chi connectivity index (χ3n) is 3.83. The number of aryl methyl sites for hydroxylation is 1. The Labute approximate surface area is 156 Å². The number of nitrogens with zero attached hydrogens (tertiary/aromatic N) is 1. The quantitative estimate of drug-likeness (QED) is 0.699. The van der Waals surface area contributed by atoms with Crippen molar-refractivity contribution in [3.63, 3.8) is 0 Å². The van der Waals surface area contributed by atoms with Crippen molar-refractivity contribution in [2.24, 2.45) is 0 Å². The second-order valence-corrected chi connectivity index (χ2v) is 7.96. The first kappa shape index (κ1) is 18.8. The van der Waals surface area contributed by atoms with Gasteiger partial charge in [-0.15, -0.1) is 0 Å². The number of benzene rings is 2. The van der Waals surface area contributed by atoms with Crippen LogP contribution in [0.2, 0.25) is 0 Å². The van der Waals surface area contributed by atoms with Gasteiger partial charge in [-0.25, -0.2) is 17.8 Å². The minimum atomic E-state index is -3.28. The molecule has 3 aromatic rings. The van der Waals surface area contributed by atoms with Crippen molar-refractivity contribution >= 4 is 21.4 Å². The molecular formula is C19H17FN2O4S. The number of rotatable bonds is 6. The Morgan fingerprint density at radius 1 is 1.15 bits per heavy atom. The molecule has 1 N–H and O–H groups in total. The fourth-order valence-electron chi connectivity index (χ4n) is 2.44. The lowest BCUT2D eigenvalue weighted by molar-refractivity contribution is -0.116. The average molecular weight is 388 g/mol. The summed E-state index contributed by atoms with van der Waals surface area (Å²) in [6, 6.07) is 12.1. The van der Waals surface area contributed by atoms with Crippen molar-refractivity contribution in [2.75, 3.05) is 11.6 Å². The molecular weight excluding hydrogens is 371 g/mol. The number of anilines is 1. The summed E-state index contributed by atoms with van der Waals surface area (Å²) < 4.78 is 42.1. The second kappa shape index (κ2) is 7.71. The molecule has 1 heterocycles. The molecule has 0 saturated carbocycles. The van der Waals surface area contributed by atoms with Crippen LogP contribution in [0.5, 0.6) is 0 Å². The van der Waals surface area contributed by atoms with Gasteiger partial charge in [-0.3, -0.25) is 4.79 Å². The maximum Gasteiger partial charge on any atom is 0.224 e. The van der Waals surface area contributed by atoms with Crippen molar-refractivity contribution < 1.29 is 22.0 Å². The minimum Gasteiger partial charge on any atom is -0.441 e. The first-order valence-corrected chi connectivity index (χ1v) is 10.0. The molecule has 0 spiro atoms. The normalized spacial score (nSPS) is 11.3. The molecule has 8 heteroatoms. The van der Waals surface area contributed by atoms with E-state index < -0.39 is 15.7 Å². The molecule has 0 aliphatic heterocycles. The number of hydrogen-bond acceptors (Lipinski definition) is 5. The van der Waals surface area contributed by atoms with E-state index in [9.17, 15) is 17.6 Å². The number of amides is 1. The molecule has 0 fully saturated rings. The molecule has 0 atom stereocenters. The number of nitrogens with one attached hydrogen (secondary N) is 1. The number of carbonyl (C=O) groups excluding carboxylic acids is 1. The van der Waals surface area contributed by atoms with E-state index in [2.05, 4.69) is 10.3 Å². The van der Waals surface area contributed by atoms with Crippen LogP contribution in [0.1, 0.15) is 12.3 Å². The average Bonchev–Trinajstić information content (AvgIpc) is 3.09. The zero-order chi connectivity index (χ0) is 19.4. The molecule has 1 amide bonds. The van der Waals surface area contributed by atoms with Crippen LogP contribution in [0.25, 0.3) is 11.3 Å². The number of halogens is 1. The Morgan fingerprint density at radius 2 is 1.85 bits per heavy atom. The number of hydrogen-bond donors (Lipinski definition) is 1. The van der Waals surface area contributed by atoms with Crippen LogP contribution in [-0.4, -0.2) is 25.6 Å². The molecule has 6 nitrogen and oxygen atoms in total. The summed E-state index contributed by atoms with van der Waals surface area (Å²) in [6.45, 7) is 0. The SMILES string of the molecule is CS(=O)(=O)c1ccc(NC(=O)CCc2ncc(-c3ccccc3F)o2)cc1. The van der Waals surface area contributed by atoms with E-state index in [1.165, 1.54) is 36.5 Å². The molecule has 0 unspecified atom stereocenters. The van der Waals surface area contributed by atoms with E-state index in [4.69, 9.17) is 4.42 Å². The largest absolute Gasteiger partial charge is 0.441 e. The molecule has 27 heavy (non-hydrogen) atoms. The summed E-state index contributed by atoms with van der Waals surface area (Å²) in [4.78, 5) is 16.3. The summed E-state index contributed by atoms with van der Waals surface area (Å²) >= 11 is 0. The summed E-state index contributed by atoms with van der Waals surface area (Å²) in [5.41, 5.74) is 0.804. The standard InChI is InChI=1S/C19H17FN2O4S/c1-27(24,25)14-8-6-13(7-9-14)22-18(23)10-11-19-21-12-17(26-19)15-4-2-3-5-16(15)20/h2-9,12H,10-11H2,1H3,(H,22,23). The van der Waals surface area contributed by atoms with Crippen molar-refractivity contribution in [2.45, 2.75) is 17.7 Å². The van der Waals surface area contributed by atoms with E-state index in [0.717, 1.165) is 6.26 Å². The van der Waals surface area contributed by atoms with Crippen LogP contribution in [0.4, 0.5) is 10.1 Å². The van der Waals surface area contributed by atoms with Crippen LogP contribution in [0.3, 0.4) is 0 Å². The van der Waals surface area contributed by atoms with Crippen molar-refractivity contribution in [1.29, 1.82) is 0 Å². The van der Waals surface area contributed by atoms with Gasteiger partial charge in [-0.05, 0) is 36.4 Å². The number of carbonyl (C=O) groups is 1. The third kappa shape index (κ3) is 4.79. The van der Waals surface area contributed by atoms with Crippen molar-refractivity contribution in [1.82, 2.24) is 4.98 Å². The summed E-state index contributed by atoms with van der Waals surface area (Å²) in [5.74, 6) is -0.0427. The lowest BCUT2D eigenvalue weighted by Gasteiger charge is -2.05. The van der Waals surface area contributed by atoms with E-state index in [1.54, 1.807) is 18.2 Å². The Morgan fingerprint density at radius 3 is 2.52 bits per heavy atom. The van der Waals surface area contributed by atoms with Gasteiger partial charge in [0.1, 0.15) is 5.82 Å². The van der Waals surface area contributed by atoms with Crippen molar-refractivity contribution in [3.05, 3.63) is 66.4 Å². The van der Waals surface area contributed by atoms with Crippen LogP contribution in [-0.2, 0) is 21.1 Å². The van der Waals surface area contributed by atoms with Crippen LogP contribution in [0, 0.1) is 5.82 Å². The van der Waals surface area contributed by atoms with E-state index in [-0.39, 0.29) is 23.6 Å². The highest BCUT2D eigenvalue weighted by atomic mass is 32.2. The Balaban J connectivity index is 1.58. The van der Waals surface area contributed by atoms with Gasteiger partial charge in [0.05, 0.1) is 16.7 Å². The zero-order valence-corrected chi connectivity index (χ0v) is 15.3. The fraction of sp³-hybridized carbons (Fsp3) is 0.158. The number of aromatic nitrogens is 1. The molecule has 1 aromatic heterocycles. The summed E-state index contributed by atoms with van der Waals surface area (Å²) in [5, 5.41) is 2.68. The topological polar surface area (TPSA) is 89.3 Å².